The topological polar surface area (TPSA) is 75.3 Å². The Balaban J connectivity index is 2.12. The summed E-state index contributed by atoms with van der Waals surface area (Å²) in [7, 11) is 0. The van der Waals surface area contributed by atoms with Crippen molar-refractivity contribution in [3.8, 4) is 0 Å². The molecule has 0 aliphatic carbocycles. The number of halogens is 1. The van der Waals surface area contributed by atoms with E-state index in [4.69, 9.17) is 11.6 Å². The summed E-state index contributed by atoms with van der Waals surface area (Å²) in [4.78, 5) is 36.6. The Morgan fingerprint density at radius 3 is 2.13 bits per heavy atom. The van der Waals surface area contributed by atoms with Crippen LogP contribution in [0, 0.1) is 0 Å². The van der Waals surface area contributed by atoms with E-state index in [0.29, 0.717) is 10.6 Å². The van der Waals surface area contributed by atoms with Gasteiger partial charge in [-0.25, -0.2) is 4.79 Å². The Labute approximate surface area is 137 Å². The van der Waals surface area contributed by atoms with Crippen LogP contribution in [0.2, 0.25) is 5.02 Å². The highest BCUT2D eigenvalue weighted by Gasteiger charge is 2.51. The first-order valence-corrected chi connectivity index (χ1v) is 7.37. The van der Waals surface area contributed by atoms with Crippen LogP contribution in [0.1, 0.15) is 11.1 Å². The minimum Gasteiger partial charge on any atom is -0.277 e. The second-order valence-electron chi connectivity index (χ2n) is 5.32. The number of nitrogens with one attached hydrogen (secondary N) is 2. The molecule has 3 rings (SSSR count). The summed E-state index contributed by atoms with van der Waals surface area (Å²) in [5.74, 6) is -1.28. The maximum atomic E-state index is 12.6. The van der Waals surface area contributed by atoms with E-state index >= 15 is 0 Å². The molecule has 5 nitrogen and oxygen atoms in total. The summed E-state index contributed by atoms with van der Waals surface area (Å²) in [5, 5.41) is 4.89. The molecule has 0 radical (unpaired) electrons. The lowest BCUT2D eigenvalue weighted by Crippen LogP contribution is -2.65. The van der Waals surface area contributed by atoms with Crippen molar-refractivity contribution in [1.82, 2.24) is 10.6 Å². The fourth-order valence-electron chi connectivity index (χ4n) is 2.75. The smallest absolute Gasteiger partial charge is 0.277 e. The van der Waals surface area contributed by atoms with E-state index in [1.807, 2.05) is 0 Å². The predicted octanol–water partition coefficient (Wildman–Crippen LogP) is 2.19. The predicted molar refractivity (Wildman–Crippen MR) is 85.0 cm³/mol. The summed E-state index contributed by atoms with van der Waals surface area (Å²) in [6.45, 7) is 0. The molecular weight excluding hydrogens is 316 g/mol. The Hall–Kier alpha value is -2.66. The molecule has 0 atom stereocenters. The number of rotatable bonds is 3. The number of carbonyl (C=O) groups is 3. The lowest BCUT2D eigenvalue weighted by Gasteiger charge is -2.34. The number of urea groups is 1. The van der Waals surface area contributed by atoms with E-state index in [-0.39, 0.29) is 6.42 Å². The molecule has 1 heterocycles. The van der Waals surface area contributed by atoms with Gasteiger partial charge in [-0.3, -0.25) is 20.2 Å². The van der Waals surface area contributed by atoms with Gasteiger partial charge in [0, 0.05) is 5.02 Å². The molecule has 1 fully saturated rings. The molecule has 23 heavy (non-hydrogen) atoms. The molecule has 1 saturated heterocycles. The zero-order chi connectivity index (χ0) is 16.4. The van der Waals surface area contributed by atoms with Gasteiger partial charge in [0.15, 0.2) is 5.41 Å². The van der Waals surface area contributed by atoms with Gasteiger partial charge in [-0.2, -0.15) is 0 Å². The van der Waals surface area contributed by atoms with E-state index in [0.717, 1.165) is 5.56 Å². The van der Waals surface area contributed by atoms with E-state index in [9.17, 15) is 14.4 Å². The van der Waals surface area contributed by atoms with Gasteiger partial charge in [-0.05, 0) is 29.7 Å². The van der Waals surface area contributed by atoms with Gasteiger partial charge < -0.3 is 0 Å². The summed E-state index contributed by atoms with van der Waals surface area (Å²) in [5.41, 5.74) is -0.275. The van der Waals surface area contributed by atoms with Gasteiger partial charge in [0.1, 0.15) is 0 Å². The van der Waals surface area contributed by atoms with Gasteiger partial charge in [0.2, 0.25) is 11.8 Å². The molecule has 0 bridgehead atoms. The molecule has 1 aliphatic rings. The first-order chi connectivity index (χ1) is 11.0. The Morgan fingerprint density at radius 2 is 1.52 bits per heavy atom. The molecule has 1 aliphatic heterocycles. The monoisotopic (exact) mass is 328 g/mol. The van der Waals surface area contributed by atoms with E-state index in [1.165, 1.54) is 0 Å². The second kappa shape index (κ2) is 5.85. The van der Waals surface area contributed by atoms with Crippen LogP contribution in [0.25, 0.3) is 0 Å². The SMILES string of the molecule is O=C1NC(=O)C(Cc2cccc(Cl)c2)(c2ccccc2)C(=O)N1. The molecule has 0 spiro atoms. The molecule has 2 aromatic carbocycles. The second-order valence-corrected chi connectivity index (χ2v) is 5.75. The van der Waals surface area contributed by atoms with Crippen molar-refractivity contribution < 1.29 is 14.4 Å². The van der Waals surface area contributed by atoms with E-state index < -0.39 is 23.3 Å². The highest BCUT2D eigenvalue weighted by Crippen LogP contribution is 2.32. The van der Waals surface area contributed by atoms with Crippen molar-refractivity contribution in [2.75, 3.05) is 0 Å². The third-order valence-corrected chi connectivity index (χ3v) is 4.09. The van der Waals surface area contributed by atoms with Crippen LogP contribution in [-0.4, -0.2) is 17.8 Å². The van der Waals surface area contributed by atoms with E-state index in [2.05, 4.69) is 10.6 Å². The molecule has 0 saturated carbocycles. The molecule has 0 unspecified atom stereocenters. The van der Waals surface area contributed by atoms with Gasteiger partial charge in [0.05, 0.1) is 0 Å². The van der Waals surface area contributed by atoms with Gasteiger partial charge >= 0.3 is 6.03 Å². The van der Waals surface area contributed by atoms with Crippen LogP contribution < -0.4 is 10.6 Å². The lowest BCUT2D eigenvalue weighted by atomic mass is 9.73. The molecule has 6 heteroatoms. The van der Waals surface area contributed by atoms with Crippen LogP contribution in [0.15, 0.2) is 54.6 Å². The van der Waals surface area contributed by atoms with Crippen LogP contribution in [0.5, 0.6) is 0 Å². The average Bonchev–Trinajstić information content (AvgIpc) is 2.52. The Kier molecular flexibility index (Phi) is 3.88. The standard InChI is InChI=1S/C17H13ClN2O3/c18-13-8-4-5-11(9-13)10-17(12-6-2-1-3-7-12)14(21)19-16(23)20-15(17)22/h1-9H,10H2,(H2,19,20,21,22,23). The zero-order valence-corrected chi connectivity index (χ0v) is 12.8. The number of hydrogen-bond acceptors (Lipinski definition) is 3. The fraction of sp³-hybridized carbons (Fsp3) is 0.118. The fourth-order valence-corrected chi connectivity index (χ4v) is 2.97. The quantitative estimate of drug-likeness (QED) is 0.848. The summed E-state index contributed by atoms with van der Waals surface area (Å²) in [6, 6.07) is 14.8. The van der Waals surface area contributed by atoms with Crippen molar-refractivity contribution in [2.45, 2.75) is 11.8 Å². The lowest BCUT2D eigenvalue weighted by molar-refractivity contribution is -0.138. The molecular formula is C17H13ClN2O3. The zero-order valence-electron chi connectivity index (χ0n) is 12.0. The van der Waals surface area contributed by atoms with Crippen molar-refractivity contribution in [3.63, 3.8) is 0 Å². The third-order valence-electron chi connectivity index (χ3n) is 3.85. The Bertz CT molecular complexity index is 769. The maximum Gasteiger partial charge on any atom is 0.328 e. The van der Waals surface area contributed by atoms with Crippen LogP contribution >= 0.6 is 11.6 Å². The first-order valence-electron chi connectivity index (χ1n) is 6.99. The maximum absolute atomic E-state index is 12.6. The highest BCUT2D eigenvalue weighted by molar-refractivity contribution is 6.30. The van der Waals surface area contributed by atoms with E-state index in [1.54, 1.807) is 54.6 Å². The molecule has 2 aromatic rings. The van der Waals surface area contributed by atoms with Gasteiger partial charge in [-0.15, -0.1) is 0 Å². The first kappa shape index (κ1) is 15.2. The number of benzene rings is 2. The molecule has 2 N–H and O–H groups in total. The summed E-state index contributed by atoms with van der Waals surface area (Å²) < 4.78 is 0. The van der Waals surface area contributed by atoms with Crippen LogP contribution in [0.3, 0.4) is 0 Å². The van der Waals surface area contributed by atoms with Crippen molar-refractivity contribution in [3.05, 3.63) is 70.7 Å². The normalized spacial score (nSPS) is 16.7. The van der Waals surface area contributed by atoms with Crippen molar-refractivity contribution >= 4 is 29.4 Å². The highest BCUT2D eigenvalue weighted by atomic mass is 35.5. The van der Waals surface area contributed by atoms with Crippen molar-refractivity contribution in [2.24, 2.45) is 0 Å². The summed E-state index contributed by atoms with van der Waals surface area (Å²) in [6.07, 6.45) is 0.0997. The summed E-state index contributed by atoms with van der Waals surface area (Å²) >= 11 is 5.99. The number of amides is 4. The number of barbiturate groups is 1. The largest absolute Gasteiger partial charge is 0.328 e. The van der Waals surface area contributed by atoms with Crippen LogP contribution in [-0.2, 0) is 21.4 Å². The average molecular weight is 329 g/mol. The number of imide groups is 2. The molecule has 116 valence electrons. The Morgan fingerprint density at radius 1 is 0.870 bits per heavy atom. The molecule has 4 amide bonds. The van der Waals surface area contributed by atoms with Crippen molar-refractivity contribution in [1.29, 1.82) is 0 Å². The third kappa shape index (κ3) is 2.71. The van der Waals surface area contributed by atoms with Crippen LogP contribution in [0.4, 0.5) is 4.79 Å². The molecule has 0 aromatic heterocycles. The minimum absolute atomic E-state index is 0.0997. The van der Waals surface area contributed by atoms with Gasteiger partial charge in [0.25, 0.3) is 0 Å². The van der Waals surface area contributed by atoms with Gasteiger partial charge in [-0.1, -0.05) is 54.1 Å². The number of hydrogen-bond donors (Lipinski definition) is 2. The number of carbonyl (C=O) groups excluding carboxylic acids is 3. The minimum atomic E-state index is -1.51.